The van der Waals surface area contributed by atoms with Gasteiger partial charge in [0.15, 0.2) is 0 Å². The SMILES string of the molecule is COc1ccc(CCC2CCN(CC(=O)Nc3ccc(S(=O)(=O)C(F)F)cc3)CC2)cc1. The van der Waals surface area contributed by atoms with Gasteiger partial charge in [0.25, 0.3) is 0 Å². The van der Waals surface area contributed by atoms with Crippen LogP contribution in [0.15, 0.2) is 53.4 Å². The normalized spacial score (nSPS) is 15.6. The zero-order chi connectivity index (χ0) is 23.1. The standard InChI is InChI=1S/C23H28F2N2O4S/c1-31-20-8-4-17(5-9-20)2-3-18-12-14-27(15-13-18)16-22(28)26-19-6-10-21(11-7-19)32(29,30)23(24)25/h4-11,18,23H,2-3,12-16H2,1H3,(H,26,28). The smallest absolute Gasteiger partial charge is 0.341 e. The molecule has 174 valence electrons. The molecule has 0 spiro atoms. The van der Waals surface area contributed by atoms with Crippen molar-refractivity contribution >= 4 is 21.4 Å². The van der Waals surface area contributed by atoms with E-state index in [4.69, 9.17) is 4.74 Å². The van der Waals surface area contributed by atoms with Gasteiger partial charge >= 0.3 is 5.76 Å². The number of rotatable bonds is 9. The number of nitrogens with one attached hydrogen (secondary N) is 1. The molecule has 6 nitrogen and oxygen atoms in total. The Balaban J connectivity index is 1.40. The number of likely N-dealkylation sites (tertiary alicyclic amines) is 1. The van der Waals surface area contributed by atoms with E-state index in [0.717, 1.165) is 56.7 Å². The van der Waals surface area contributed by atoms with Gasteiger partial charge in [-0.25, -0.2) is 8.42 Å². The first-order valence-corrected chi connectivity index (χ1v) is 12.1. The maximum Gasteiger partial charge on any atom is 0.341 e. The lowest BCUT2D eigenvalue weighted by molar-refractivity contribution is -0.117. The summed E-state index contributed by atoms with van der Waals surface area (Å²) in [6.45, 7) is 1.92. The fourth-order valence-corrected chi connectivity index (χ4v) is 4.55. The molecule has 0 aromatic heterocycles. The van der Waals surface area contributed by atoms with E-state index in [1.165, 1.54) is 17.7 Å². The third-order valence-corrected chi connectivity index (χ3v) is 7.17. The number of nitrogens with zero attached hydrogens (tertiary/aromatic N) is 1. The fraction of sp³-hybridized carbons (Fsp3) is 0.435. The van der Waals surface area contributed by atoms with Gasteiger partial charge in [0.05, 0.1) is 18.6 Å². The van der Waals surface area contributed by atoms with Crippen molar-refractivity contribution in [1.29, 1.82) is 0 Å². The van der Waals surface area contributed by atoms with E-state index in [1.54, 1.807) is 7.11 Å². The Morgan fingerprint density at radius 3 is 2.28 bits per heavy atom. The molecule has 1 N–H and O–H groups in total. The Morgan fingerprint density at radius 2 is 1.72 bits per heavy atom. The number of amides is 1. The van der Waals surface area contributed by atoms with E-state index >= 15 is 0 Å². The van der Waals surface area contributed by atoms with E-state index in [9.17, 15) is 22.0 Å². The molecule has 0 bridgehead atoms. The highest BCUT2D eigenvalue weighted by atomic mass is 32.2. The van der Waals surface area contributed by atoms with Crippen LogP contribution in [-0.4, -0.2) is 51.7 Å². The Hall–Kier alpha value is -2.52. The number of hydrogen-bond donors (Lipinski definition) is 1. The lowest BCUT2D eigenvalue weighted by atomic mass is 9.90. The number of aryl methyl sites for hydroxylation is 1. The summed E-state index contributed by atoms with van der Waals surface area (Å²) in [4.78, 5) is 13.9. The van der Waals surface area contributed by atoms with E-state index < -0.39 is 20.5 Å². The van der Waals surface area contributed by atoms with E-state index in [2.05, 4.69) is 22.3 Å². The first kappa shape index (κ1) is 24.1. The summed E-state index contributed by atoms with van der Waals surface area (Å²) in [6.07, 6.45) is 4.19. The average Bonchev–Trinajstić information content (AvgIpc) is 2.79. The summed E-state index contributed by atoms with van der Waals surface area (Å²) in [5.74, 6) is -2.21. The van der Waals surface area contributed by atoms with Crippen molar-refractivity contribution in [2.75, 3.05) is 32.1 Å². The molecule has 1 aliphatic rings. The van der Waals surface area contributed by atoms with E-state index in [-0.39, 0.29) is 12.5 Å². The second kappa shape index (κ2) is 10.9. The molecule has 1 fully saturated rings. The number of anilines is 1. The molecule has 0 atom stereocenters. The number of carbonyl (C=O) groups is 1. The first-order chi connectivity index (χ1) is 15.3. The second-order valence-corrected chi connectivity index (χ2v) is 9.90. The molecule has 2 aromatic carbocycles. The molecular weight excluding hydrogens is 438 g/mol. The van der Waals surface area contributed by atoms with Crippen molar-refractivity contribution in [3.8, 4) is 5.75 Å². The Labute approximate surface area is 187 Å². The molecule has 1 heterocycles. The number of carbonyl (C=O) groups excluding carboxylic acids is 1. The number of alkyl halides is 2. The van der Waals surface area contributed by atoms with Crippen LogP contribution in [0.2, 0.25) is 0 Å². The Kier molecular flexibility index (Phi) is 8.20. The summed E-state index contributed by atoms with van der Waals surface area (Å²) in [5, 5.41) is 2.69. The molecule has 0 saturated carbocycles. The summed E-state index contributed by atoms with van der Waals surface area (Å²) in [7, 11) is -2.98. The van der Waals surface area contributed by atoms with Crippen molar-refractivity contribution in [1.82, 2.24) is 4.90 Å². The van der Waals surface area contributed by atoms with Crippen LogP contribution >= 0.6 is 0 Å². The van der Waals surface area contributed by atoms with Gasteiger partial charge < -0.3 is 10.1 Å². The van der Waals surface area contributed by atoms with Crippen molar-refractivity contribution in [3.05, 3.63) is 54.1 Å². The van der Waals surface area contributed by atoms with Crippen LogP contribution < -0.4 is 10.1 Å². The van der Waals surface area contributed by atoms with Gasteiger partial charge in [0, 0.05) is 5.69 Å². The zero-order valence-corrected chi connectivity index (χ0v) is 18.8. The van der Waals surface area contributed by atoms with E-state index in [0.29, 0.717) is 11.6 Å². The molecular formula is C23H28F2N2O4S. The number of piperidine rings is 1. The summed E-state index contributed by atoms with van der Waals surface area (Å²) < 4.78 is 53.3. The van der Waals surface area contributed by atoms with Crippen LogP contribution in [0.4, 0.5) is 14.5 Å². The quantitative estimate of drug-likeness (QED) is 0.605. The van der Waals surface area contributed by atoms with Crippen molar-refractivity contribution < 1.29 is 26.7 Å². The van der Waals surface area contributed by atoms with Crippen molar-refractivity contribution in [2.24, 2.45) is 5.92 Å². The third-order valence-electron chi connectivity index (χ3n) is 5.78. The number of halogens is 2. The van der Waals surface area contributed by atoms with Gasteiger partial charge in [-0.3, -0.25) is 9.69 Å². The molecule has 0 aliphatic carbocycles. The lowest BCUT2D eigenvalue weighted by Crippen LogP contribution is -2.39. The Bertz CT molecular complexity index is 988. The lowest BCUT2D eigenvalue weighted by Gasteiger charge is -2.31. The van der Waals surface area contributed by atoms with Gasteiger partial charge in [-0.15, -0.1) is 0 Å². The number of ether oxygens (including phenoxy) is 1. The molecule has 2 aromatic rings. The van der Waals surface area contributed by atoms with Crippen molar-refractivity contribution in [2.45, 2.75) is 36.3 Å². The second-order valence-electron chi connectivity index (χ2n) is 7.98. The van der Waals surface area contributed by atoms with Crippen LogP contribution in [0.1, 0.15) is 24.8 Å². The molecule has 1 saturated heterocycles. The van der Waals surface area contributed by atoms with Gasteiger partial charge in [-0.05, 0) is 86.7 Å². The molecule has 1 amide bonds. The Morgan fingerprint density at radius 1 is 1.09 bits per heavy atom. The highest BCUT2D eigenvalue weighted by Crippen LogP contribution is 2.24. The predicted octanol–water partition coefficient (Wildman–Crippen LogP) is 3.97. The van der Waals surface area contributed by atoms with Crippen LogP contribution in [-0.2, 0) is 21.1 Å². The van der Waals surface area contributed by atoms with Crippen LogP contribution in [0.5, 0.6) is 5.75 Å². The maximum atomic E-state index is 12.6. The summed E-state index contributed by atoms with van der Waals surface area (Å²) in [5.41, 5.74) is 1.66. The van der Waals surface area contributed by atoms with Crippen LogP contribution in [0.25, 0.3) is 0 Å². The molecule has 9 heteroatoms. The highest BCUT2D eigenvalue weighted by molar-refractivity contribution is 7.91. The summed E-state index contributed by atoms with van der Waals surface area (Å²) in [6, 6.07) is 12.9. The van der Waals surface area contributed by atoms with Crippen molar-refractivity contribution in [3.63, 3.8) is 0 Å². The maximum absolute atomic E-state index is 12.6. The van der Waals surface area contributed by atoms with Gasteiger partial charge in [0.1, 0.15) is 5.75 Å². The van der Waals surface area contributed by atoms with Gasteiger partial charge in [-0.1, -0.05) is 12.1 Å². The van der Waals surface area contributed by atoms with E-state index in [1.807, 2.05) is 12.1 Å². The molecule has 3 rings (SSSR count). The molecule has 32 heavy (non-hydrogen) atoms. The number of hydrogen-bond acceptors (Lipinski definition) is 5. The monoisotopic (exact) mass is 466 g/mol. The van der Waals surface area contributed by atoms with Crippen LogP contribution in [0.3, 0.4) is 0 Å². The first-order valence-electron chi connectivity index (χ1n) is 10.5. The molecule has 0 unspecified atom stereocenters. The predicted molar refractivity (Wildman–Crippen MR) is 119 cm³/mol. The number of benzene rings is 2. The minimum Gasteiger partial charge on any atom is -0.497 e. The minimum atomic E-state index is -4.64. The number of methoxy groups -OCH3 is 1. The fourth-order valence-electron chi connectivity index (χ4n) is 3.83. The van der Waals surface area contributed by atoms with Gasteiger partial charge in [0.2, 0.25) is 15.7 Å². The summed E-state index contributed by atoms with van der Waals surface area (Å²) >= 11 is 0. The molecule has 0 radical (unpaired) electrons. The third kappa shape index (κ3) is 6.49. The highest BCUT2D eigenvalue weighted by Gasteiger charge is 2.26. The topological polar surface area (TPSA) is 75.7 Å². The molecule has 1 aliphatic heterocycles. The van der Waals surface area contributed by atoms with Crippen LogP contribution in [0, 0.1) is 5.92 Å². The average molecular weight is 467 g/mol. The zero-order valence-electron chi connectivity index (χ0n) is 18.0. The van der Waals surface area contributed by atoms with Gasteiger partial charge in [-0.2, -0.15) is 8.78 Å². The number of sulfone groups is 1. The largest absolute Gasteiger partial charge is 0.497 e. The minimum absolute atomic E-state index is 0.217.